The lowest BCUT2D eigenvalue weighted by Gasteiger charge is -2.14. The number of hydrogen-bond donors (Lipinski definition) is 0. The number of benzene rings is 2. The van der Waals surface area contributed by atoms with E-state index in [2.05, 4.69) is 6.07 Å². The minimum absolute atomic E-state index is 0.0267. The van der Waals surface area contributed by atoms with Crippen molar-refractivity contribution in [2.24, 2.45) is 0 Å². The average Bonchev–Trinajstić information content (AvgIpc) is 2.98. The molecule has 3 rings (SSSR count). The average molecular weight is 293 g/mol. The van der Waals surface area contributed by atoms with Crippen LogP contribution in [-0.4, -0.2) is 19.1 Å². The zero-order valence-electron chi connectivity index (χ0n) is 12.7. The Kier molecular flexibility index (Phi) is 4.24. The van der Waals surface area contributed by atoms with Gasteiger partial charge in [0.1, 0.15) is 5.75 Å². The Hall–Kier alpha value is -2.55. The highest BCUT2D eigenvalue weighted by Crippen LogP contribution is 2.27. The molecule has 0 N–H and O–H groups in total. The number of anilines is 1. The molecule has 0 radical (unpaired) electrons. The molecule has 1 aliphatic rings. The summed E-state index contributed by atoms with van der Waals surface area (Å²) in [5.41, 5.74) is 3.26. The van der Waals surface area contributed by atoms with Crippen molar-refractivity contribution in [2.75, 3.05) is 18.1 Å². The van der Waals surface area contributed by atoms with Crippen LogP contribution in [0, 0.1) is 0 Å². The first kappa shape index (κ1) is 14.4. The van der Waals surface area contributed by atoms with Crippen LogP contribution in [0.4, 0.5) is 5.69 Å². The molecule has 3 heteroatoms. The lowest BCUT2D eigenvalue weighted by molar-refractivity contribution is -0.114. The molecule has 1 amide bonds. The maximum Gasteiger partial charge on any atom is 0.251 e. The van der Waals surface area contributed by atoms with Crippen molar-refractivity contribution in [3.63, 3.8) is 0 Å². The molecule has 0 unspecified atom stereocenters. The summed E-state index contributed by atoms with van der Waals surface area (Å²) in [7, 11) is 0. The molecule has 22 heavy (non-hydrogen) atoms. The molecule has 2 aromatic rings. The molecule has 3 nitrogen and oxygen atoms in total. The van der Waals surface area contributed by atoms with Gasteiger partial charge in [0.15, 0.2) is 0 Å². The largest absolute Gasteiger partial charge is 0.494 e. The maximum absolute atomic E-state index is 12.4. The molecule has 112 valence electrons. The Labute approximate surface area is 130 Å². The first-order chi connectivity index (χ1) is 10.8. The second-order valence-corrected chi connectivity index (χ2v) is 5.20. The highest BCUT2D eigenvalue weighted by Gasteiger charge is 2.22. The second-order valence-electron chi connectivity index (χ2n) is 5.20. The van der Waals surface area contributed by atoms with E-state index in [4.69, 9.17) is 4.74 Å². The van der Waals surface area contributed by atoms with Gasteiger partial charge in [-0.05, 0) is 48.7 Å². The summed E-state index contributed by atoms with van der Waals surface area (Å²) in [5, 5.41) is 0. The van der Waals surface area contributed by atoms with Crippen molar-refractivity contribution in [3.05, 3.63) is 65.7 Å². The van der Waals surface area contributed by atoms with Crippen LogP contribution < -0.4 is 9.64 Å². The van der Waals surface area contributed by atoms with Gasteiger partial charge in [0.25, 0.3) is 5.91 Å². The van der Waals surface area contributed by atoms with Crippen molar-refractivity contribution >= 4 is 17.7 Å². The third-order valence-electron chi connectivity index (χ3n) is 3.76. The summed E-state index contributed by atoms with van der Waals surface area (Å²) in [4.78, 5) is 14.2. The van der Waals surface area contributed by atoms with Crippen molar-refractivity contribution in [2.45, 2.75) is 13.3 Å². The van der Waals surface area contributed by atoms with Gasteiger partial charge in [-0.3, -0.25) is 4.79 Å². The molecule has 0 bridgehead atoms. The van der Waals surface area contributed by atoms with Crippen LogP contribution in [0.1, 0.15) is 18.1 Å². The number of hydrogen-bond acceptors (Lipinski definition) is 2. The van der Waals surface area contributed by atoms with Gasteiger partial charge in [0.05, 0.1) is 6.61 Å². The number of ether oxygens (including phenoxy) is 1. The quantitative estimate of drug-likeness (QED) is 0.805. The number of amides is 1. The van der Waals surface area contributed by atoms with E-state index in [-0.39, 0.29) is 5.91 Å². The van der Waals surface area contributed by atoms with Crippen LogP contribution in [0.2, 0.25) is 0 Å². The molecule has 0 aromatic heterocycles. The third-order valence-corrected chi connectivity index (χ3v) is 3.76. The van der Waals surface area contributed by atoms with Crippen LogP contribution in [0.5, 0.6) is 5.75 Å². The number of nitrogens with zero attached hydrogens (tertiary/aromatic N) is 1. The Morgan fingerprint density at radius 3 is 2.73 bits per heavy atom. The zero-order chi connectivity index (χ0) is 15.4. The van der Waals surface area contributed by atoms with Gasteiger partial charge >= 0.3 is 0 Å². The Bertz CT molecular complexity index is 689. The van der Waals surface area contributed by atoms with Crippen molar-refractivity contribution in [1.82, 2.24) is 0 Å². The standard InChI is InChI=1S/C19H19NO2/c1-2-22-17-10-7-15(8-11-17)9-12-19(21)20-14-13-16-5-3-4-6-18(16)20/h3-12H,2,13-14H2,1H3/b12-9+. The summed E-state index contributed by atoms with van der Waals surface area (Å²) in [6.07, 6.45) is 4.41. The van der Waals surface area contributed by atoms with E-state index >= 15 is 0 Å². The lowest BCUT2D eigenvalue weighted by Crippen LogP contribution is -2.26. The molecule has 0 atom stereocenters. The predicted octanol–water partition coefficient (Wildman–Crippen LogP) is 3.69. The summed E-state index contributed by atoms with van der Waals surface area (Å²) >= 11 is 0. The van der Waals surface area contributed by atoms with Crippen molar-refractivity contribution in [1.29, 1.82) is 0 Å². The third kappa shape index (κ3) is 3.03. The van der Waals surface area contributed by atoms with E-state index in [9.17, 15) is 4.79 Å². The maximum atomic E-state index is 12.4. The first-order valence-corrected chi connectivity index (χ1v) is 7.58. The van der Waals surface area contributed by atoms with Gasteiger partial charge < -0.3 is 9.64 Å². The molecule has 1 aliphatic heterocycles. The fourth-order valence-corrected chi connectivity index (χ4v) is 2.67. The van der Waals surface area contributed by atoms with E-state index in [1.54, 1.807) is 6.08 Å². The van der Waals surface area contributed by atoms with Gasteiger partial charge in [0.2, 0.25) is 0 Å². The number of carbonyl (C=O) groups excluding carboxylic acids is 1. The molecule has 0 fully saturated rings. The van der Waals surface area contributed by atoms with Crippen LogP contribution >= 0.6 is 0 Å². The second kappa shape index (κ2) is 6.48. The number of para-hydroxylation sites is 1. The van der Waals surface area contributed by atoms with Crippen molar-refractivity contribution < 1.29 is 9.53 Å². The zero-order valence-corrected chi connectivity index (χ0v) is 12.7. The highest BCUT2D eigenvalue weighted by atomic mass is 16.5. The lowest BCUT2D eigenvalue weighted by atomic mass is 10.2. The molecular formula is C19H19NO2. The fraction of sp³-hybridized carbons (Fsp3) is 0.211. The Balaban J connectivity index is 1.69. The first-order valence-electron chi connectivity index (χ1n) is 7.58. The van der Waals surface area contributed by atoms with Crippen molar-refractivity contribution in [3.8, 4) is 5.75 Å². The van der Waals surface area contributed by atoms with Gasteiger partial charge in [0, 0.05) is 18.3 Å². The fourth-order valence-electron chi connectivity index (χ4n) is 2.67. The minimum atomic E-state index is 0.0267. The number of carbonyl (C=O) groups is 1. The SMILES string of the molecule is CCOc1ccc(/C=C/C(=O)N2CCc3ccccc32)cc1. The molecule has 2 aromatic carbocycles. The van der Waals surface area contributed by atoms with Crippen LogP contribution in [0.15, 0.2) is 54.6 Å². The Morgan fingerprint density at radius 2 is 1.95 bits per heavy atom. The van der Waals surface area contributed by atoms with E-state index in [0.29, 0.717) is 6.61 Å². The smallest absolute Gasteiger partial charge is 0.251 e. The van der Waals surface area contributed by atoms with Crippen LogP contribution in [-0.2, 0) is 11.2 Å². The normalized spacial score (nSPS) is 13.4. The number of fused-ring (bicyclic) bond motifs is 1. The van der Waals surface area contributed by atoms with Crippen LogP contribution in [0.25, 0.3) is 6.08 Å². The minimum Gasteiger partial charge on any atom is -0.494 e. The highest BCUT2D eigenvalue weighted by molar-refractivity contribution is 6.05. The molecular weight excluding hydrogens is 274 g/mol. The van der Waals surface area contributed by atoms with E-state index in [1.165, 1.54) is 5.56 Å². The summed E-state index contributed by atoms with van der Waals surface area (Å²) in [5.74, 6) is 0.873. The predicted molar refractivity (Wildman–Crippen MR) is 89.1 cm³/mol. The molecule has 1 heterocycles. The van der Waals surface area contributed by atoms with Gasteiger partial charge in [-0.25, -0.2) is 0 Å². The molecule has 0 spiro atoms. The number of rotatable bonds is 4. The topological polar surface area (TPSA) is 29.5 Å². The molecule has 0 saturated carbocycles. The summed E-state index contributed by atoms with van der Waals surface area (Å²) < 4.78 is 5.41. The van der Waals surface area contributed by atoms with Gasteiger partial charge in [-0.15, -0.1) is 0 Å². The van der Waals surface area contributed by atoms with Gasteiger partial charge in [-0.2, -0.15) is 0 Å². The van der Waals surface area contributed by atoms with E-state index in [1.807, 2.05) is 60.4 Å². The monoisotopic (exact) mass is 293 g/mol. The van der Waals surface area contributed by atoms with E-state index in [0.717, 1.165) is 30.0 Å². The molecule has 0 saturated heterocycles. The molecule has 0 aliphatic carbocycles. The van der Waals surface area contributed by atoms with Crippen LogP contribution in [0.3, 0.4) is 0 Å². The van der Waals surface area contributed by atoms with Gasteiger partial charge in [-0.1, -0.05) is 30.3 Å². The Morgan fingerprint density at radius 1 is 1.18 bits per heavy atom. The van der Waals surface area contributed by atoms with E-state index < -0.39 is 0 Å². The summed E-state index contributed by atoms with van der Waals surface area (Å²) in [6.45, 7) is 3.37. The summed E-state index contributed by atoms with van der Waals surface area (Å²) in [6, 6.07) is 15.8.